The van der Waals surface area contributed by atoms with Crippen molar-refractivity contribution in [1.82, 2.24) is 0 Å². The molecule has 0 aromatic rings. The third-order valence-corrected chi connectivity index (χ3v) is 6.26. The van der Waals surface area contributed by atoms with Gasteiger partial charge in [0.2, 0.25) is 0 Å². The minimum atomic E-state index is -1.64. The maximum absolute atomic E-state index is 5.82. The van der Waals surface area contributed by atoms with Crippen molar-refractivity contribution in [3.63, 3.8) is 0 Å². The zero-order valence-electron chi connectivity index (χ0n) is 9.62. The van der Waals surface area contributed by atoms with Crippen molar-refractivity contribution in [2.45, 2.75) is 46.5 Å². The van der Waals surface area contributed by atoms with Crippen molar-refractivity contribution in [2.75, 3.05) is 19.4 Å². The molecule has 0 aromatic carbocycles. The molecule has 0 fully saturated rings. The van der Waals surface area contributed by atoms with E-state index in [4.69, 9.17) is 9.05 Å². The maximum atomic E-state index is 5.82. The van der Waals surface area contributed by atoms with Crippen LogP contribution in [-0.2, 0) is 9.05 Å². The summed E-state index contributed by atoms with van der Waals surface area (Å²) in [5.41, 5.74) is 0. The van der Waals surface area contributed by atoms with Crippen molar-refractivity contribution in [2.24, 2.45) is 0 Å². The number of hydrogen-bond donors (Lipinski definition) is 0. The van der Waals surface area contributed by atoms with Gasteiger partial charge >= 0.3 is 95.9 Å². The molecular weight excluding hydrogens is 262 g/mol. The molecule has 0 aliphatic rings. The van der Waals surface area contributed by atoms with E-state index in [0.29, 0.717) is 0 Å². The van der Waals surface area contributed by atoms with Gasteiger partial charge in [0, 0.05) is 0 Å². The average molecular weight is 285 g/mol. The monoisotopic (exact) mass is 286 g/mol. The molecule has 0 N–H and O–H groups in total. The molecule has 0 bridgehead atoms. The van der Waals surface area contributed by atoms with Gasteiger partial charge < -0.3 is 0 Å². The van der Waals surface area contributed by atoms with Gasteiger partial charge in [0.05, 0.1) is 0 Å². The van der Waals surface area contributed by atoms with Crippen molar-refractivity contribution < 1.29 is 9.05 Å². The Bertz CT molecular complexity index is 145. The molecule has 0 rings (SSSR count). The zero-order chi connectivity index (χ0) is 10.9. The molecule has 14 heavy (non-hydrogen) atoms. The van der Waals surface area contributed by atoms with Gasteiger partial charge in [-0.25, -0.2) is 0 Å². The van der Waals surface area contributed by atoms with Gasteiger partial charge in [0.15, 0.2) is 0 Å². The fraction of sp³-hybridized carbons (Fsp3) is 1.00. The molecule has 2 nitrogen and oxygen atoms in total. The van der Waals surface area contributed by atoms with Crippen molar-refractivity contribution >= 4 is 21.1 Å². The molecular formula is C10H23O2PSe. The number of unbranched alkanes of at least 4 members (excludes halogenated alkanes) is 1. The molecule has 0 radical (unpaired) electrons. The number of hydrogen-bond acceptors (Lipinski definition) is 2. The topological polar surface area (TPSA) is 18.5 Å². The summed E-state index contributed by atoms with van der Waals surface area (Å²) in [5, 5.41) is 0. The van der Waals surface area contributed by atoms with Crippen molar-refractivity contribution in [3.8, 4) is 0 Å². The summed E-state index contributed by atoms with van der Waals surface area (Å²) in [6, 6.07) is 0. The Morgan fingerprint density at radius 1 is 0.929 bits per heavy atom. The van der Waals surface area contributed by atoms with Crippen LogP contribution in [0.25, 0.3) is 0 Å². The summed E-state index contributed by atoms with van der Waals surface area (Å²) in [6.45, 7) is 8.08. The van der Waals surface area contributed by atoms with Crippen molar-refractivity contribution in [1.29, 1.82) is 0 Å². The van der Waals surface area contributed by atoms with E-state index in [-0.39, 0.29) is 0 Å². The minimum absolute atomic E-state index is 0.814. The predicted octanol–water partition coefficient (Wildman–Crippen LogP) is 3.57. The van der Waals surface area contributed by atoms with Gasteiger partial charge in [0.25, 0.3) is 0 Å². The Morgan fingerprint density at radius 3 is 1.79 bits per heavy atom. The molecule has 86 valence electrons. The van der Waals surface area contributed by atoms with Crippen LogP contribution in [0.15, 0.2) is 0 Å². The van der Waals surface area contributed by atoms with Crippen LogP contribution in [0.4, 0.5) is 0 Å². The van der Waals surface area contributed by atoms with E-state index in [9.17, 15) is 0 Å². The van der Waals surface area contributed by atoms with E-state index in [0.717, 1.165) is 32.2 Å². The predicted molar refractivity (Wildman–Crippen MR) is 64.9 cm³/mol. The first kappa shape index (κ1) is 14.9. The summed E-state index contributed by atoms with van der Waals surface area (Å²) in [7, 11) is 0. The van der Waals surface area contributed by atoms with Crippen LogP contribution in [0.3, 0.4) is 0 Å². The van der Waals surface area contributed by atoms with Gasteiger partial charge in [-0.05, 0) is 0 Å². The van der Waals surface area contributed by atoms with Crippen LogP contribution < -0.4 is 0 Å². The average Bonchev–Trinajstić information content (AvgIpc) is 2.21. The van der Waals surface area contributed by atoms with Crippen LogP contribution in [0.1, 0.15) is 46.5 Å². The first-order valence-corrected chi connectivity index (χ1v) is 9.59. The van der Waals surface area contributed by atoms with Crippen molar-refractivity contribution in [3.05, 3.63) is 0 Å². The van der Waals surface area contributed by atoms with Gasteiger partial charge in [0.1, 0.15) is 0 Å². The Kier molecular flexibility index (Phi) is 9.69. The van der Waals surface area contributed by atoms with E-state index >= 15 is 0 Å². The molecule has 0 saturated carbocycles. The van der Waals surface area contributed by atoms with Crippen LogP contribution in [0, 0.1) is 0 Å². The normalized spacial score (nSPS) is 11.9. The zero-order valence-corrected chi connectivity index (χ0v) is 12.2. The molecule has 0 saturated heterocycles. The first-order chi connectivity index (χ1) is 6.68. The van der Waals surface area contributed by atoms with E-state index < -0.39 is 5.96 Å². The molecule has 0 heterocycles. The van der Waals surface area contributed by atoms with Gasteiger partial charge in [-0.2, -0.15) is 0 Å². The summed E-state index contributed by atoms with van der Waals surface area (Å²) in [6.07, 6.45) is 5.57. The van der Waals surface area contributed by atoms with E-state index in [1.807, 2.05) is 0 Å². The number of rotatable bonds is 9. The molecule has 0 spiro atoms. The first-order valence-electron chi connectivity index (χ1n) is 5.56. The van der Waals surface area contributed by atoms with Crippen LogP contribution in [0.5, 0.6) is 0 Å². The summed E-state index contributed by atoms with van der Waals surface area (Å²) >= 11 is 3.16. The second-order valence-electron chi connectivity index (χ2n) is 3.35. The molecule has 0 atom stereocenters. The Hall–Kier alpha value is 0.869. The van der Waals surface area contributed by atoms with Gasteiger partial charge in [-0.1, -0.05) is 0 Å². The molecule has 0 aliphatic heterocycles. The van der Waals surface area contributed by atoms with E-state index in [1.165, 1.54) is 12.8 Å². The molecule has 0 unspecified atom stereocenters. The second-order valence-corrected chi connectivity index (χ2v) is 9.04. The Labute approximate surface area is 96.1 Å². The van der Waals surface area contributed by atoms with Gasteiger partial charge in [-0.3, -0.25) is 0 Å². The van der Waals surface area contributed by atoms with Crippen LogP contribution >= 0.6 is 5.96 Å². The van der Waals surface area contributed by atoms with Gasteiger partial charge in [-0.15, -0.1) is 0 Å². The fourth-order valence-electron chi connectivity index (χ4n) is 0.979. The summed E-state index contributed by atoms with van der Waals surface area (Å²) < 4.78 is 11.6. The molecule has 4 heteroatoms. The standard InChI is InChI=1S/C10H23O2PSe/c1-4-7-10-13(14,11-8-5-2)12-9-6-3/h4-10H2,1-3H3. The summed E-state index contributed by atoms with van der Waals surface area (Å²) in [5.74, 6) is -1.64. The third kappa shape index (κ3) is 7.20. The van der Waals surface area contributed by atoms with E-state index in [1.54, 1.807) is 0 Å². The SMILES string of the molecule is CCCCP(=[Se])(OCCC)OCCC. The third-order valence-electron chi connectivity index (χ3n) is 1.77. The molecule has 0 aromatic heterocycles. The fourth-order valence-corrected chi connectivity index (χ4v) is 4.69. The molecule has 0 amide bonds. The van der Waals surface area contributed by atoms with Crippen LogP contribution in [-0.4, -0.2) is 34.5 Å². The Morgan fingerprint density at radius 2 is 1.43 bits per heavy atom. The molecule has 0 aliphatic carbocycles. The quantitative estimate of drug-likeness (QED) is 0.476. The Balaban J connectivity index is 3.97. The summed E-state index contributed by atoms with van der Waals surface area (Å²) in [4.78, 5) is 0. The van der Waals surface area contributed by atoms with Crippen LogP contribution in [0.2, 0.25) is 0 Å². The second kappa shape index (κ2) is 9.12. The van der Waals surface area contributed by atoms with E-state index in [2.05, 4.69) is 35.9 Å².